The molecule has 30 heavy (non-hydrogen) atoms. The van der Waals surface area contributed by atoms with Crippen molar-refractivity contribution in [1.82, 2.24) is 9.21 Å². The van der Waals surface area contributed by atoms with Crippen molar-refractivity contribution in [2.24, 2.45) is 0 Å². The monoisotopic (exact) mass is 428 g/mol. The lowest BCUT2D eigenvalue weighted by Crippen LogP contribution is -2.48. The Morgan fingerprint density at radius 3 is 2.40 bits per heavy atom. The number of aryl methyl sites for hydroxylation is 2. The maximum absolute atomic E-state index is 13.0. The standard InChI is InChI=1S/C22H24N2O5S/c1-15-3-5-19(11-16(15)2)30(27,28)24-9-7-23(8-10-24)14-17-12-22(26)29-21-13-18(25)4-6-20(17)21/h3-6,11-13,25H,7-10,14H2,1-2H3. The first kappa shape index (κ1) is 20.6. The van der Waals surface area contributed by atoms with E-state index in [4.69, 9.17) is 4.42 Å². The molecule has 4 rings (SSSR count). The zero-order valence-corrected chi connectivity index (χ0v) is 17.8. The quantitative estimate of drug-likeness (QED) is 0.643. The molecule has 158 valence electrons. The molecule has 0 saturated carbocycles. The minimum Gasteiger partial charge on any atom is -0.508 e. The first-order chi connectivity index (χ1) is 14.2. The number of aromatic hydroxyl groups is 1. The molecule has 0 aliphatic carbocycles. The first-order valence-corrected chi connectivity index (χ1v) is 11.2. The number of sulfonamides is 1. The average Bonchev–Trinajstić information content (AvgIpc) is 2.70. The fourth-order valence-corrected chi connectivity index (χ4v) is 5.25. The Morgan fingerprint density at radius 2 is 1.70 bits per heavy atom. The van der Waals surface area contributed by atoms with Gasteiger partial charge in [0.2, 0.25) is 10.0 Å². The van der Waals surface area contributed by atoms with Crippen molar-refractivity contribution in [2.45, 2.75) is 25.3 Å². The number of phenolic OH excluding ortho intramolecular Hbond substituents is 1. The van der Waals surface area contributed by atoms with E-state index in [1.54, 1.807) is 24.3 Å². The van der Waals surface area contributed by atoms with Crippen LogP contribution in [-0.2, 0) is 16.6 Å². The van der Waals surface area contributed by atoms with E-state index in [9.17, 15) is 18.3 Å². The van der Waals surface area contributed by atoms with E-state index >= 15 is 0 Å². The van der Waals surface area contributed by atoms with Crippen LogP contribution in [0, 0.1) is 13.8 Å². The summed E-state index contributed by atoms with van der Waals surface area (Å²) in [6.45, 7) is 6.26. The Kier molecular flexibility index (Phi) is 5.40. The molecule has 0 unspecified atom stereocenters. The van der Waals surface area contributed by atoms with Crippen LogP contribution in [0.2, 0.25) is 0 Å². The van der Waals surface area contributed by atoms with Gasteiger partial charge in [0.05, 0.1) is 4.90 Å². The molecule has 1 saturated heterocycles. The summed E-state index contributed by atoms with van der Waals surface area (Å²) in [6, 6.07) is 11.4. The second-order valence-electron chi connectivity index (χ2n) is 7.70. The van der Waals surface area contributed by atoms with Gasteiger partial charge in [-0.05, 0) is 54.8 Å². The number of phenols is 1. The topological polar surface area (TPSA) is 91.1 Å². The highest BCUT2D eigenvalue weighted by Crippen LogP contribution is 2.24. The molecule has 1 aliphatic rings. The highest BCUT2D eigenvalue weighted by molar-refractivity contribution is 7.89. The maximum Gasteiger partial charge on any atom is 0.336 e. The van der Waals surface area contributed by atoms with Crippen molar-refractivity contribution in [2.75, 3.05) is 26.2 Å². The molecule has 1 fully saturated rings. The molecule has 0 radical (unpaired) electrons. The Hall–Kier alpha value is -2.68. The van der Waals surface area contributed by atoms with Crippen molar-refractivity contribution in [1.29, 1.82) is 0 Å². The molecule has 0 spiro atoms. The van der Waals surface area contributed by atoms with E-state index in [2.05, 4.69) is 4.90 Å². The third-order valence-corrected chi connectivity index (χ3v) is 7.55. The van der Waals surface area contributed by atoms with E-state index in [0.717, 1.165) is 22.1 Å². The number of piperazine rings is 1. The number of nitrogens with zero attached hydrogens (tertiary/aromatic N) is 2. The van der Waals surface area contributed by atoms with Gasteiger partial charge >= 0.3 is 5.63 Å². The van der Waals surface area contributed by atoms with Gasteiger partial charge in [-0.2, -0.15) is 4.31 Å². The SMILES string of the molecule is Cc1ccc(S(=O)(=O)N2CCN(Cc3cc(=O)oc4cc(O)ccc34)CC2)cc1C. The summed E-state index contributed by atoms with van der Waals surface area (Å²) in [5.74, 6) is 0.0352. The number of rotatable bonds is 4. The second kappa shape index (κ2) is 7.86. The Labute approximate surface area is 175 Å². The minimum absolute atomic E-state index is 0.0352. The van der Waals surface area contributed by atoms with Crippen LogP contribution in [0.25, 0.3) is 11.0 Å². The van der Waals surface area contributed by atoms with Crippen LogP contribution in [0.4, 0.5) is 0 Å². The van der Waals surface area contributed by atoms with Gasteiger partial charge in [0, 0.05) is 50.2 Å². The molecule has 1 aliphatic heterocycles. The number of benzene rings is 2. The number of hydrogen-bond acceptors (Lipinski definition) is 6. The Bertz CT molecular complexity index is 1260. The first-order valence-electron chi connectivity index (χ1n) is 9.79. The molecular weight excluding hydrogens is 404 g/mol. The molecule has 0 atom stereocenters. The van der Waals surface area contributed by atoms with Crippen LogP contribution in [0.3, 0.4) is 0 Å². The molecule has 2 aromatic carbocycles. The van der Waals surface area contributed by atoms with E-state index in [-0.39, 0.29) is 5.75 Å². The van der Waals surface area contributed by atoms with Crippen LogP contribution in [0.1, 0.15) is 16.7 Å². The highest BCUT2D eigenvalue weighted by Gasteiger charge is 2.29. The van der Waals surface area contributed by atoms with Gasteiger partial charge in [0.1, 0.15) is 11.3 Å². The lowest BCUT2D eigenvalue weighted by molar-refractivity contribution is 0.182. The van der Waals surface area contributed by atoms with Gasteiger partial charge in [-0.3, -0.25) is 4.90 Å². The largest absolute Gasteiger partial charge is 0.508 e. The Morgan fingerprint density at radius 1 is 0.967 bits per heavy atom. The van der Waals surface area contributed by atoms with Crippen LogP contribution in [-0.4, -0.2) is 48.9 Å². The fraction of sp³-hybridized carbons (Fsp3) is 0.318. The predicted octanol–water partition coefficient (Wildman–Crippen LogP) is 2.62. The minimum atomic E-state index is -3.53. The van der Waals surface area contributed by atoms with E-state index in [1.807, 2.05) is 19.9 Å². The van der Waals surface area contributed by atoms with Crippen molar-refractivity contribution in [3.05, 3.63) is 69.6 Å². The van der Waals surface area contributed by atoms with E-state index in [0.29, 0.717) is 43.2 Å². The van der Waals surface area contributed by atoms with Gasteiger partial charge in [-0.1, -0.05) is 6.07 Å². The average molecular weight is 429 g/mol. The van der Waals surface area contributed by atoms with Crippen molar-refractivity contribution < 1.29 is 17.9 Å². The highest BCUT2D eigenvalue weighted by atomic mass is 32.2. The Balaban J connectivity index is 1.49. The van der Waals surface area contributed by atoms with Crippen LogP contribution >= 0.6 is 0 Å². The predicted molar refractivity (Wildman–Crippen MR) is 114 cm³/mol. The summed E-state index contributed by atoms with van der Waals surface area (Å²) < 4.78 is 32.7. The summed E-state index contributed by atoms with van der Waals surface area (Å²) in [4.78, 5) is 14.3. The normalized spacial score (nSPS) is 16.2. The second-order valence-corrected chi connectivity index (χ2v) is 9.64. The maximum atomic E-state index is 13.0. The van der Waals surface area contributed by atoms with Crippen LogP contribution in [0.5, 0.6) is 5.75 Å². The fourth-order valence-electron chi connectivity index (χ4n) is 3.74. The summed E-state index contributed by atoms with van der Waals surface area (Å²) in [5.41, 5.74) is 2.68. The molecule has 1 N–H and O–H groups in total. The summed E-state index contributed by atoms with van der Waals surface area (Å²) >= 11 is 0. The van der Waals surface area contributed by atoms with Gasteiger partial charge in [-0.15, -0.1) is 0 Å². The molecule has 0 bridgehead atoms. The van der Waals surface area contributed by atoms with Gasteiger partial charge in [0.15, 0.2) is 0 Å². The third kappa shape index (κ3) is 3.98. The molecule has 3 aromatic rings. The van der Waals surface area contributed by atoms with Crippen molar-refractivity contribution >= 4 is 21.0 Å². The molecule has 0 amide bonds. The number of hydrogen-bond donors (Lipinski definition) is 1. The van der Waals surface area contributed by atoms with Crippen molar-refractivity contribution in [3.8, 4) is 5.75 Å². The molecule has 7 nitrogen and oxygen atoms in total. The smallest absolute Gasteiger partial charge is 0.336 e. The lowest BCUT2D eigenvalue weighted by Gasteiger charge is -2.34. The zero-order chi connectivity index (χ0) is 21.5. The summed E-state index contributed by atoms with van der Waals surface area (Å²) in [5, 5.41) is 10.4. The van der Waals surface area contributed by atoms with Crippen LogP contribution in [0.15, 0.2) is 56.6 Å². The summed E-state index contributed by atoms with van der Waals surface area (Å²) in [6.07, 6.45) is 0. The van der Waals surface area contributed by atoms with Gasteiger partial charge in [-0.25, -0.2) is 13.2 Å². The zero-order valence-electron chi connectivity index (χ0n) is 17.0. The lowest BCUT2D eigenvalue weighted by atomic mass is 10.1. The molecule has 1 aromatic heterocycles. The van der Waals surface area contributed by atoms with E-state index in [1.165, 1.54) is 16.4 Å². The molecule has 2 heterocycles. The van der Waals surface area contributed by atoms with Gasteiger partial charge in [0.25, 0.3) is 0 Å². The third-order valence-electron chi connectivity index (χ3n) is 5.66. The summed E-state index contributed by atoms with van der Waals surface area (Å²) in [7, 11) is -3.53. The van der Waals surface area contributed by atoms with Crippen molar-refractivity contribution in [3.63, 3.8) is 0 Å². The number of fused-ring (bicyclic) bond motifs is 1. The molecule has 8 heteroatoms. The van der Waals surface area contributed by atoms with Gasteiger partial charge < -0.3 is 9.52 Å². The molecular formula is C22H24N2O5S. The van der Waals surface area contributed by atoms with Crippen LogP contribution < -0.4 is 5.63 Å². The van der Waals surface area contributed by atoms with E-state index < -0.39 is 15.6 Å².